The lowest BCUT2D eigenvalue weighted by molar-refractivity contribution is 0.388. The van der Waals surface area contributed by atoms with Gasteiger partial charge in [0.05, 0.1) is 18.2 Å². The summed E-state index contributed by atoms with van der Waals surface area (Å²) in [6, 6.07) is 0. The standard InChI is InChI=1S/C5H9FO2S/c6-3-5-1-2-9(7,8)4-5/h5H,1-4H2. The van der Waals surface area contributed by atoms with Gasteiger partial charge in [-0.2, -0.15) is 0 Å². The third-order valence-electron chi connectivity index (χ3n) is 1.54. The molecule has 54 valence electrons. The molecule has 0 amide bonds. The largest absolute Gasteiger partial charge is 0.251 e. The molecule has 1 heterocycles. The van der Waals surface area contributed by atoms with E-state index in [4.69, 9.17) is 0 Å². The second kappa shape index (κ2) is 2.25. The molecule has 0 aromatic rings. The Labute approximate surface area is 54.0 Å². The van der Waals surface area contributed by atoms with Crippen LogP contribution in [0.1, 0.15) is 6.42 Å². The van der Waals surface area contributed by atoms with Crippen LogP contribution in [0.15, 0.2) is 0 Å². The minimum atomic E-state index is -2.85. The first-order valence-corrected chi connectivity index (χ1v) is 4.72. The molecule has 1 aliphatic heterocycles. The molecule has 0 bridgehead atoms. The van der Waals surface area contributed by atoms with E-state index in [1.54, 1.807) is 0 Å². The van der Waals surface area contributed by atoms with Crippen LogP contribution >= 0.6 is 0 Å². The Morgan fingerprint density at radius 2 is 2.22 bits per heavy atom. The fourth-order valence-corrected chi connectivity index (χ4v) is 2.83. The van der Waals surface area contributed by atoms with E-state index >= 15 is 0 Å². The SMILES string of the molecule is O=S1(=O)CCC(CF)C1. The summed E-state index contributed by atoms with van der Waals surface area (Å²) in [5, 5.41) is 0. The summed E-state index contributed by atoms with van der Waals surface area (Å²) in [6.45, 7) is -0.487. The van der Waals surface area contributed by atoms with Gasteiger partial charge in [0, 0.05) is 5.92 Å². The van der Waals surface area contributed by atoms with Gasteiger partial charge in [-0.25, -0.2) is 8.42 Å². The highest BCUT2D eigenvalue weighted by atomic mass is 32.2. The number of alkyl halides is 1. The van der Waals surface area contributed by atoms with Crippen molar-refractivity contribution in [3.8, 4) is 0 Å². The molecule has 0 N–H and O–H groups in total. The van der Waals surface area contributed by atoms with Gasteiger partial charge in [-0.05, 0) is 6.42 Å². The maximum atomic E-state index is 11.8. The van der Waals surface area contributed by atoms with Crippen molar-refractivity contribution in [1.29, 1.82) is 0 Å². The quantitative estimate of drug-likeness (QED) is 0.544. The van der Waals surface area contributed by atoms with E-state index in [9.17, 15) is 12.8 Å². The second-order valence-corrected chi connectivity index (χ2v) is 4.65. The van der Waals surface area contributed by atoms with Crippen LogP contribution in [-0.4, -0.2) is 26.6 Å². The summed E-state index contributed by atoms with van der Waals surface area (Å²) in [5.41, 5.74) is 0. The molecule has 0 aliphatic carbocycles. The third kappa shape index (κ3) is 1.64. The number of hydrogen-bond donors (Lipinski definition) is 0. The zero-order valence-electron chi connectivity index (χ0n) is 5.01. The van der Waals surface area contributed by atoms with E-state index in [1.807, 2.05) is 0 Å². The van der Waals surface area contributed by atoms with Gasteiger partial charge in [0.25, 0.3) is 0 Å². The van der Waals surface area contributed by atoms with E-state index in [1.165, 1.54) is 0 Å². The smallest absolute Gasteiger partial charge is 0.150 e. The Bertz CT molecular complexity index is 185. The van der Waals surface area contributed by atoms with Gasteiger partial charge < -0.3 is 0 Å². The molecule has 0 spiro atoms. The zero-order valence-corrected chi connectivity index (χ0v) is 5.82. The minimum absolute atomic E-state index is 0.0590. The molecule has 1 saturated heterocycles. The van der Waals surface area contributed by atoms with Crippen molar-refractivity contribution in [3.05, 3.63) is 0 Å². The van der Waals surface area contributed by atoms with Crippen molar-refractivity contribution in [3.63, 3.8) is 0 Å². The van der Waals surface area contributed by atoms with Crippen molar-refractivity contribution >= 4 is 9.84 Å². The Morgan fingerprint density at radius 3 is 2.44 bits per heavy atom. The fourth-order valence-electron chi connectivity index (χ4n) is 0.994. The molecule has 1 atom stereocenters. The average Bonchev–Trinajstić information content (AvgIpc) is 2.10. The van der Waals surface area contributed by atoms with Crippen LogP contribution in [0.5, 0.6) is 0 Å². The van der Waals surface area contributed by atoms with Crippen molar-refractivity contribution < 1.29 is 12.8 Å². The number of sulfone groups is 1. The molecule has 9 heavy (non-hydrogen) atoms. The first-order chi connectivity index (χ1) is 4.14. The van der Waals surface area contributed by atoms with E-state index < -0.39 is 16.5 Å². The van der Waals surface area contributed by atoms with E-state index in [2.05, 4.69) is 0 Å². The van der Waals surface area contributed by atoms with Crippen molar-refractivity contribution in [2.24, 2.45) is 5.92 Å². The Kier molecular flexibility index (Phi) is 1.75. The highest BCUT2D eigenvalue weighted by Gasteiger charge is 2.27. The molecule has 0 saturated carbocycles. The lowest BCUT2D eigenvalue weighted by Crippen LogP contribution is -2.05. The maximum absolute atomic E-state index is 11.8. The summed E-state index contributed by atoms with van der Waals surface area (Å²) in [5.74, 6) is 0.0282. The van der Waals surface area contributed by atoms with Crippen LogP contribution in [0.2, 0.25) is 0 Å². The van der Waals surface area contributed by atoms with Gasteiger partial charge in [-0.15, -0.1) is 0 Å². The topological polar surface area (TPSA) is 34.1 Å². The van der Waals surface area contributed by atoms with E-state index in [0.29, 0.717) is 6.42 Å². The van der Waals surface area contributed by atoms with Crippen molar-refractivity contribution in [2.75, 3.05) is 18.2 Å². The molecule has 0 aromatic heterocycles. The van der Waals surface area contributed by atoms with Crippen LogP contribution in [0.3, 0.4) is 0 Å². The summed E-state index contributed by atoms with van der Waals surface area (Å²) < 4.78 is 33.0. The molecular weight excluding hydrogens is 143 g/mol. The van der Waals surface area contributed by atoms with Gasteiger partial charge in [0.1, 0.15) is 0 Å². The van der Waals surface area contributed by atoms with Crippen LogP contribution in [0.4, 0.5) is 4.39 Å². The lowest BCUT2D eigenvalue weighted by Gasteiger charge is -1.95. The summed E-state index contributed by atoms with van der Waals surface area (Å²) in [4.78, 5) is 0. The van der Waals surface area contributed by atoms with E-state index in [0.717, 1.165) is 0 Å². The second-order valence-electron chi connectivity index (χ2n) is 2.42. The van der Waals surface area contributed by atoms with Crippen molar-refractivity contribution in [1.82, 2.24) is 0 Å². The first-order valence-electron chi connectivity index (χ1n) is 2.90. The molecule has 1 rings (SSSR count). The van der Waals surface area contributed by atoms with Crippen LogP contribution in [0, 0.1) is 5.92 Å². The monoisotopic (exact) mass is 152 g/mol. The van der Waals surface area contributed by atoms with Crippen LogP contribution in [0.25, 0.3) is 0 Å². The summed E-state index contributed by atoms with van der Waals surface area (Å²) in [7, 11) is -2.85. The van der Waals surface area contributed by atoms with Gasteiger partial charge in [-0.3, -0.25) is 4.39 Å². The normalized spacial score (nSPS) is 32.8. The van der Waals surface area contributed by atoms with Gasteiger partial charge in [-0.1, -0.05) is 0 Å². The molecular formula is C5H9FO2S. The first kappa shape index (κ1) is 6.99. The molecule has 0 aromatic carbocycles. The molecule has 1 fully saturated rings. The van der Waals surface area contributed by atoms with Gasteiger partial charge >= 0.3 is 0 Å². The molecule has 2 nitrogen and oxygen atoms in total. The summed E-state index contributed by atoms with van der Waals surface area (Å²) >= 11 is 0. The predicted octanol–water partition coefficient (Wildman–Crippen LogP) is 0.391. The highest BCUT2D eigenvalue weighted by Crippen LogP contribution is 2.17. The number of hydrogen-bond acceptors (Lipinski definition) is 2. The predicted molar refractivity (Wildman–Crippen MR) is 32.7 cm³/mol. The molecule has 0 radical (unpaired) electrons. The maximum Gasteiger partial charge on any atom is 0.150 e. The highest BCUT2D eigenvalue weighted by molar-refractivity contribution is 7.91. The zero-order chi connectivity index (χ0) is 6.91. The van der Waals surface area contributed by atoms with E-state index in [-0.39, 0.29) is 17.4 Å². The average molecular weight is 152 g/mol. The summed E-state index contributed by atoms with van der Waals surface area (Å²) in [6.07, 6.45) is 0.513. The Hall–Kier alpha value is -0.120. The van der Waals surface area contributed by atoms with Gasteiger partial charge in [0.2, 0.25) is 0 Å². The van der Waals surface area contributed by atoms with Gasteiger partial charge in [0.15, 0.2) is 9.84 Å². The molecule has 4 heteroatoms. The van der Waals surface area contributed by atoms with Crippen LogP contribution < -0.4 is 0 Å². The Morgan fingerprint density at radius 1 is 1.56 bits per heavy atom. The lowest BCUT2D eigenvalue weighted by atomic mass is 10.1. The number of rotatable bonds is 1. The Balaban J connectivity index is 2.58. The molecule has 1 aliphatic rings. The third-order valence-corrected chi connectivity index (χ3v) is 3.38. The minimum Gasteiger partial charge on any atom is -0.251 e. The van der Waals surface area contributed by atoms with Crippen molar-refractivity contribution in [2.45, 2.75) is 6.42 Å². The molecule has 1 unspecified atom stereocenters. The number of halogens is 1. The van der Waals surface area contributed by atoms with Crippen LogP contribution in [-0.2, 0) is 9.84 Å². The fraction of sp³-hybridized carbons (Fsp3) is 1.00.